The Hall–Kier alpha value is -2.76. The van der Waals surface area contributed by atoms with Crippen molar-refractivity contribution in [2.45, 2.75) is 19.3 Å². The molecule has 0 N–H and O–H groups in total. The maximum Gasteiger partial charge on any atom is 0.324 e. The van der Waals surface area contributed by atoms with Gasteiger partial charge in [0.2, 0.25) is 0 Å². The highest BCUT2D eigenvalue weighted by Gasteiger charge is 2.53. The van der Waals surface area contributed by atoms with Crippen LogP contribution < -0.4 is 9.47 Å². The van der Waals surface area contributed by atoms with Crippen LogP contribution in [0.15, 0.2) is 42.5 Å². The van der Waals surface area contributed by atoms with Crippen molar-refractivity contribution in [2.24, 2.45) is 11.3 Å². The number of allylic oxidation sites excluding steroid dienone is 4. The molecule has 0 aliphatic heterocycles. The topological polar surface area (TPSA) is 71.1 Å². The molecule has 1 atom stereocenters. The Kier molecular flexibility index (Phi) is 7.05. The number of carbonyl (C=O) groups excluding carboxylic acids is 2. The second kappa shape index (κ2) is 9.26. The van der Waals surface area contributed by atoms with Gasteiger partial charge in [-0.1, -0.05) is 30.4 Å². The van der Waals surface area contributed by atoms with Gasteiger partial charge in [0.25, 0.3) is 0 Å². The molecule has 0 bridgehead atoms. The molecule has 0 heterocycles. The molecule has 0 saturated carbocycles. The number of carbonyl (C=O) groups is 2. The normalized spacial score (nSPS) is 16.4. The third-order valence-corrected chi connectivity index (χ3v) is 4.90. The van der Waals surface area contributed by atoms with E-state index < -0.39 is 17.4 Å². The zero-order valence-electron chi connectivity index (χ0n) is 16.2. The lowest BCUT2D eigenvalue weighted by Gasteiger charge is -2.34. The molecule has 2 rings (SSSR count). The van der Waals surface area contributed by atoms with E-state index >= 15 is 0 Å². The van der Waals surface area contributed by atoms with E-state index in [-0.39, 0.29) is 12.3 Å². The maximum absolute atomic E-state index is 12.9. The van der Waals surface area contributed by atoms with Crippen molar-refractivity contribution < 1.29 is 28.5 Å². The largest absolute Gasteiger partial charge is 0.493 e. The average Bonchev–Trinajstić information content (AvgIpc) is 3.00. The molecular weight excluding hydrogens is 348 g/mol. The molecule has 0 radical (unpaired) electrons. The van der Waals surface area contributed by atoms with Crippen LogP contribution in [0, 0.1) is 11.3 Å². The summed E-state index contributed by atoms with van der Waals surface area (Å²) in [5, 5.41) is 0. The van der Waals surface area contributed by atoms with Crippen LogP contribution in [0.4, 0.5) is 0 Å². The number of esters is 2. The Balaban J connectivity index is 2.54. The Labute approximate surface area is 159 Å². The summed E-state index contributed by atoms with van der Waals surface area (Å²) in [6.45, 7) is 0. The quantitative estimate of drug-likeness (QED) is 0.539. The third kappa shape index (κ3) is 4.15. The van der Waals surface area contributed by atoms with Crippen molar-refractivity contribution in [2.75, 3.05) is 28.4 Å². The summed E-state index contributed by atoms with van der Waals surface area (Å²) in [5.41, 5.74) is -0.736. The molecule has 0 amide bonds. The summed E-state index contributed by atoms with van der Waals surface area (Å²) in [5.74, 6) is -0.486. The van der Waals surface area contributed by atoms with Gasteiger partial charge in [-0.05, 0) is 37.0 Å². The fourth-order valence-corrected chi connectivity index (χ4v) is 3.49. The first-order chi connectivity index (χ1) is 13.0. The molecule has 1 aliphatic rings. The van der Waals surface area contributed by atoms with E-state index in [4.69, 9.17) is 18.9 Å². The number of ether oxygens (including phenoxy) is 4. The fraction of sp³-hybridized carbons (Fsp3) is 0.429. The minimum Gasteiger partial charge on any atom is -0.493 e. The highest BCUT2D eigenvalue weighted by atomic mass is 16.5. The van der Waals surface area contributed by atoms with Crippen LogP contribution in [0.3, 0.4) is 0 Å². The van der Waals surface area contributed by atoms with Gasteiger partial charge in [0.05, 0.1) is 28.4 Å². The first-order valence-corrected chi connectivity index (χ1v) is 8.74. The Morgan fingerprint density at radius 1 is 1.00 bits per heavy atom. The lowest BCUT2D eigenvalue weighted by molar-refractivity contribution is -0.172. The third-order valence-electron chi connectivity index (χ3n) is 4.90. The van der Waals surface area contributed by atoms with Crippen molar-refractivity contribution in [1.82, 2.24) is 0 Å². The van der Waals surface area contributed by atoms with Crippen LogP contribution in [0.5, 0.6) is 11.5 Å². The Morgan fingerprint density at radius 2 is 1.67 bits per heavy atom. The summed E-state index contributed by atoms with van der Waals surface area (Å²) in [7, 11) is 5.66. The van der Waals surface area contributed by atoms with Gasteiger partial charge in [-0.25, -0.2) is 0 Å². The van der Waals surface area contributed by atoms with Gasteiger partial charge in [-0.15, -0.1) is 0 Å². The molecule has 27 heavy (non-hydrogen) atoms. The number of hydrogen-bond donors (Lipinski definition) is 0. The lowest BCUT2D eigenvalue weighted by atomic mass is 9.69. The molecule has 0 spiro atoms. The Morgan fingerprint density at radius 3 is 2.26 bits per heavy atom. The number of benzene rings is 1. The van der Waals surface area contributed by atoms with Gasteiger partial charge >= 0.3 is 11.9 Å². The molecule has 0 saturated heterocycles. The van der Waals surface area contributed by atoms with Crippen molar-refractivity contribution in [3.8, 4) is 11.5 Å². The zero-order valence-corrected chi connectivity index (χ0v) is 16.2. The van der Waals surface area contributed by atoms with Crippen LogP contribution in [-0.2, 0) is 25.5 Å². The minimum absolute atomic E-state index is 0.127. The van der Waals surface area contributed by atoms with E-state index in [0.717, 1.165) is 12.0 Å². The van der Waals surface area contributed by atoms with Crippen LogP contribution in [0.25, 0.3) is 0 Å². The molecule has 1 aromatic rings. The second-order valence-corrected chi connectivity index (χ2v) is 6.32. The van der Waals surface area contributed by atoms with Crippen LogP contribution in [0.1, 0.15) is 18.4 Å². The maximum atomic E-state index is 12.9. The van der Waals surface area contributed by atoms with Gasteiger partial charge in [0, 0.05) is 5.92 Å². The molecule has 6 nitrogen and oxygen atoms in total. The Bertz CT molecular complexity index is 718. The number of hydrogen-bond acceptors (Lipinski definition) is 6. The lowest BCUT2D eigenvalue weighted by Crippen LogP contribution is -2.48. The SMILES string of the molecule is COC(=O)C(Cc1ccc(OC)c(OC)c1)(C(=O)OC)C1C=CC=CCC1. The predicted octanol–water partition coefficient (Wildman–Crippen LogP) is 3.10. The number of methoxy groups -OCH3 is 4. The molecule has 146 valence electrons. The molecule has 1 aromatic carbocycles. The first-order valence-electron chi connectivity index (χ1n) is 8.74. The minimum atomic E-state index is -1.48. The van der Waals surface area contributed by atoms with E-state index in [1.54, 1.807) is 25.3 Å². The van der Waals surface area contributed by atoms with E-state index in [0.29, 0.717) is 17.9 Å². The highest BCUT2D eigenvalue weighted by Crippen LogP contribution is 2.41. The van der Waals surface area contributed by atoms with Crippen LogP contribution >= 0.6 is 0 Å². The monoisotopic (exact) mass is 374 g/mol. The number of rotatable bonds is 7. The van der Waals surface area contributed by atoms with Gasteiger partial charge in [0.15, 0.2) is 16.9 Å². The zero-order chi connectivity index (χ0) is 19.9. The molecular formula is C21H26O6. The van der Waals surface area contributed by atoms with Crippen molar-refractivity contribution >= 4 is 11.9 Å². The molecule has 1 aliphatic carbocycles. The van der Waals surface area contributed by atoms with Gasteiger partial charge in [-0.2, -0.15) is 0 Å². The van der Waals surface area contributed by atoms with E-state index in [1.165, 1.54) is 21.3 Å². The predicted molar refractivity (Wildman–Crippen MR) is 101 cm³/mol. The molecule has 1 unspecified atom stereocenters. The second-order valence-electron chi connectivity index (χ2n) is 6.32. The smallest absolute Gasteiger partial charge is 0.324 e. The van der Waals surface area contributed by atoms with Crippen LogP contribution in [-0.4, -0.2) is 40.4 Å². The summed E-state index contributed by atoms with van der Waals surface area (Å²) in [4.78, 5) is 25.8. The van der Waals surface area contributed by atoms with Crippen molar-refractivity contribution in [3.63, 3.8) is 0 Å². The van der Waals surface area contributed by atoms with Crippen LogP contribution in [0.2, 0.25) is 0 Å². The summed E-state index contributed by atoms with van der Waals surface area (Å²) in [6, 6.07) is 5.32. The molecule has 0 aromatic heterocycles. The average molecular weight is 374 g/mol. The standard InChI is InChI=1S/C21H26O6/c1-24-17-12-11-15(13-18(17)25-2)14-21(19(22)26-3,20(23)27-4)16-9-7-5-6-8-10-16/h5-7,9,11-13,16H,8,10,14H2,1-4H3. The van der Waals surface area contributed by atoms with Gasteiger partial charge in [-0.3, -0.25) is 9.59 Å². The summed E-state index contributed by atoms with van der Waals surface area (Å²) >= 11 is 0. The van der Waals surface area contributed by atoms with E-state index in [1.807, 2.05) is 24.3 Å². The van der Waals surface area contributed by atoms with Gasteiger partial charge in [0.1, 0.15) is 0 Å². The van der Waals surface area contributed by atoms with Crippen molar-refractivity contribution in [3.05, 3.63) is 48.1 Å². The summed E-state index contributed by atoms with van der Waals surface area (Å²) < 4.78 is 20.7. The summed E-state index contributed by atoms with van der Waals surface area (Å²) in [6.07, 6.45) is 9.15. The van der Waals surface area contributed by atoms with Crippen molar-refractivity contribution in [1.29, 1.82) is 0 Å². The molecule has 0 fully saturated rings. The first kappa shape index (κ1) is 20.6. The van der Waals surface area contributed by atoms with E-state index in [9.17, 15) is 9.59 Å². The van der Waals surface area contributed by atoms with E-state index in [2.05, 4.69) is 0 Å². The molecule has 6 heteroatoms. The highest BCUT2D eigenvalue weighted by molar-refractivity contribution is 6.01. The fourth-order valence-electron chi connectivity index (χ4n) is 3.49. The van der Waals surface area contributed by atoms with Gasteiger partial charge < -0.3 is 18.9 Å².